The van der Waals surface area contributed by atoms with Crippen molar-refractivity contribution < 1.29 is 14.3 Å². The van der Waals surface area contributed by atoms with Gasteiger partial charge < -0.3 is 9.64 Å². The predicted octanol–water partition coefficient (Wildman–Crippen LogP) is 4.71. The number of nitrogens with zero attached hydrogens (tertiary/aromatic N) is 1. The van der Waals surface area contributed by atoms with Crippen LogP contribution in [0.15, 0.2) is 66.0 Å². The van der Waals surface area contributed by atoms with Gasteiger partial charge in [-0.25, -0.2) is 4.79 Å². The lowest BCUT2D eigenvalue weighted by molar-refractivity contribution is -0.138. The number of ether oxygens (including phenoxy) is 1. The number of hydrogen-bond donors (Lipinski definition) is 0. The fourth-order valence-electron chi connectivity index (χ4n) is 2.71. The van der Waals surface area contributed by atoms with Crippen molar-refractivity contribution in [2.75, 3.05) is 14.1 Å². The lowest BCUT2D eigenvalue weighted by Gasteiger charge is -2.21. The number of aryl methyl sites for hydroxylation is 1. The first kappa shape index (κ1) is 18.9. The second-order valence-electron chi connectivity index (χ2n) is 6.46. The molecule has 2 aromatic carbocycles. The molecule has 0 saturated heterocycles. The smallest absolute Gasteiger partial charge is 0.350 e. The Morgan fingerprint density at radius 2 is 1.63 bits per heavy atom. The van der Waals surface area contributed by atoms with E-state index in [0.717, 1.165) is 16.7 Å². The molecule has 0 aliphatic carbocycles. The minimum Gasteiger partial charge on any atom is -0.443 e. The van der Waals surface area contributed by atoms with Crippen molar-refractivity contribution in [2.24, 2.45) is 0 Å². The highest BCUT2D eigenvalue weighted by Gasteiger charge is 2.28. The summed E-state index contributed by atoms with van der Waals surface area (Å²) in [6.07, 6.45) is -0.971. The molecule has 0 aliphatic rings. The normalized spacial score (nSPS) is 11.7. The van der Waals surface area contributed by atoms with Crippen LogP contribution in [0.1, 0.15) is 26.9 Å². The van der Waals surface area contributed by atoms with Gasteiger partial charge in [0.2, 0.25) is 6.10 Å². The van der Waals surface area contributed by atoms with Crippen LogP contribution in [0.3, 0.4) is 0 Å². The summed E-state index contributed by atoms with van der Waals surface area (Å²) in [5.41, 5.74) is 3.56. The molecule has 0 N–H and O–H groups in total. The first-order chi connectivity index (χ1) is 13.0. The summed E-state index contributed by atoms with van der Waals surface area (Å²) in [5, 5.41) is 1.86. The van der Waals surface area contributed by atoms with Crippen molar-refractivity contribution in [2.45, 2.75) is 13.0 Å². The van der Waals surface area contributed by atoms with Gasteiger partial charge in [-0.3, -0.25) is 4.79 Å². The van der Waals surface area contributed by atoms with Crippen LogP contribution in [0, 0.1) is 6.92 Å². The lowest BCUT2D eigenvalue weighted by atomic mass is 10.0. The van der Waals surface area contributed by atoms with Crippen molar-refractivity contribution >= 4 is 23.2 Å². The molecule has 0 aliphatic heterocycles. The van der Waals surface area contributed by atoms with Crippen LogP contribution in [-0.4, -0.2) is 30.9 Å². The number of amides is 1. The maximum atomic E-state index is 12.9. The summed E-state index contributed by atoms with van der Waals surface area (Å²) in [7, 11) is 3.30. The predicted molar refractivity (Wildman–Crippen MR) is 108 cm³/mol. The fraction of sp³-hybridized carbons (Fsp3) is 0.182. The summed E-state index contributed by atoms with van der Waals surface area (Å²) < 4.78 is 5.67. The van der Waals surface area contributed by atoms with Gasteiger partial charge in [0, 0.05) is 25.2 Å². The third-order valence-electron chi connectivity index (χ3n) is 4.21. The van der Waals surface area contributed by atoms with Gasteiger partial charge >= 0.3 is 5.97 Å². The van der Waals surface area contributed by atoms with Crippen LogP contribution in [0.5, 0.6) is 0 Å². The largest absolute Gasteiger partial charge is 0.443 e. The van der Waals surface area contributed by atoms with E-state index in [4.69, 9.17) is 4.74 Å². The van der Waals surface area contributed by atoms with Crippen molar-refractivity contribution in [1.29, 1.82) is 0 Å². The second-order valence-corrected chi connectivity index (χ2v) is 7.37. The van der Waals surface area contributed by atoms with Gasteiger partial charge in [-0.15, -0.1) is 11.3 Å². The number of esters is 1. The van der Waals surface area contributed by atoms with Gasteiger partial charge in [0.1, 0.15) is 4.88 Å². The standard InChI is InChI=1S/C22H21NO3S/c1-15-9-11-16(12-10-15)18-13-14-27-20(18)22(25)26-19(21(24)23(2)3)17-7-5-4-6-8-17/h4-14,19H,1-3H3/t19-/m1/s1. The summed E-state index contributed by atoms with van der Waals surface area (Å²) in [4.78, 5) is 27.4. The van der Waals surface area contributed by atoms with E-state index in [1.807, 2.05) is 60.8 Å². The maximum absolute atomic E-state index is 12.9. The summed E-state index contributed by atoms with van der Waals surface area (Å²) in [6, 6.07) is 18.9. The molecular weight excluding hydrogens is 358 g/mol. The van der Waals surface area contributed by atoms with Gasteiger partial charge in [-0.1, -0.05) is 60.2 Å². The van der Waals surface area contributed by atoms with E-state index in [1.165, 1.54) is 16.2 Å². The summed E-state index contributed by atoms with van der Waals surface area (Å²) >= 11 is 1.31. The number of carbonyl (C=O) groups is 2. The molecule has 0 bridgehead atoms. The molecule has 27 heavy (non-hydrogen) atoms. The number of thiophene rings is 1. The molecule has 1 atom stereocenters. The van der Waals surface area contributed by atoms with Crippen LogP contribution >= 0.6 is 11.3 Å². The van der Waals surface area contributed by atoms with Crippen molar-refractivity contribution in [3.05, 3.63) is 82.0 Å². The minimum absolute atomic E-state index is 0.275. The van der Waals surface area contributed by atoms with Crippen LogP contribution in [-0.2, 0) is 9.53 Å². The molecule has 1 aromatic heterocycles. The first-order valence-corrected chi connectivity index (χ1v) is 9.47. The third-order valence-corrected chi connectivity index (χ3v) is 5.10. The van der Waals surface area contributed by atoms with Crippen LogP contribution < -0.4 is 0 Å². The molecule has 138 valence electrons. The van der Waals surface area contributed by atoms with Crippen LogP contribution in [0.25, 0.3) is 11.1 Å². The Labute approximate surface area is 163 Å². The van der Waals surface area contributed by atoms with Crippen molar-refractivity contribution in [3.8, 4) is 11.1 Å². The lowest BCUT2D eigenvalue weighted by Crippen LogP contribution is -2.31. The number of benzene rings is 2. The van der Waals surface area contributed by atoms with Crippen molar-refractivity contribution in [1.82, 2.24) is 4.90 Å². The average Bonchev–Trinajstić information content (AvgIpc) is 3.16. The molecule has 0 fully saturated rings. The van der Waals surface area contributed by atoms with Gasteiger partial charge in [0.15, 0.2) is 0 Å². The number of rotatable bonds is 5. The number of carbonyl (C=O) groups excluding carboxylic acids is 2. The van der Waals surface area contributed by atoms with Gasteiger partial charge in [0.05, 0.1) is 0 Å². The van der Waals surface area contributed by atoms with E-state index >= 15 is 0 Å². The van der Waals surface area contributed by atoms with Gasteiger partial charge in [-0.2, -0.15) is 0 Å². The monoisotopic (exact) mass is 379 g/mol. The van der Waals surface area contributed by atoms with Crippen LogP contribution in [0.2, 0.25) is 0 Å². The van der Waals surface area contributed by atoms with E-state index < -0.39 is 12.1 Å². The molecule has 4 nitrogen and oxygen atoms in total. The Morgan fingerprint density at radius 3 is 2.26 bits per heavy atom. The zero-order valence-corrected chi connectivity index (χ0v) is 16.3. The summed E-state index contributed by atoms with van der Waals surface area (Å²) in [6.45, 7) is 2.02. The zero-order chi connectivity index (χ0) is 19.4. The minimum atomic E-state index is -0.971. The van der Waals surface area contributed by atoms with E-state index in [2.05, 4.69) is 0 Å². The molecule has 0 spiro atoms. The number of likely N-dealkylation sites (N-methyl/N-ethyl adjacent to an activating group) is 1. The quantitative estimate of drug-likeness (QED) is 0.603. The zero-order valence-electron chi connectivity index (χ0n) is 15.5. The van der Waals surface area contributed by atoms with E-state index in [1.54, 1.807) is 26.2 Å². The highest BCUT2D eigenvalue weighted by Crippen LogP contribution is 2.31. The van der Waals surface area contributed by atoms with E-state index in [9.17, 15) is 9.59 Å². The van der Waals surface area contributed by atoms with Gasteiger partial charge in [-0.05, 0) is 23.9 Å². The highest BCUT2D eigenvalue weighted by molar-refractivity contribution is 7.12. The first-order valence-electron chi connectivity index (χ1n) is 8.59. The summed E-state index contributed by atoms with van der Waals surface area (Å²) in [5.74, 6) is -0.771. The van der Waals surface area contributed by atoms with E-state index in [0.29, 0.717) is 10.4 Å². The molecular formula is C22H21NO3S. The van der Waals surface area contributed by atoms with Crippen LogP contribution in [0.4, 0.5) is 0 Å². The van der Waals surface area contributed by atoms with Crippen molar-refractivity contribution in [3.63, 3.8) is 0 Å². The Morgan fingerprint density at radius 1 is 0.963 bits per heavy atom. The Kier molecular flexibility index (Phi) is 5.72. The molecule has 1 heterocycles. The van der Waals surface area contributed by atoms with E-state index in [-0.39, 0.29) is 5.91 Å². The SMILES string of the molecule is Cc1ccc(-c2ccsc2C(=O)O[C@@H](C(=O)N(C)C)c2ccccc2)cc1. The highest BCUT2D eigenvalue weighted by atomic mass is 32.1. The Bertz CT molecular complexity index is 930. The fourth-order valence-corrected chi connectivity index (χ4v) is 3.51. The van der Waals surface area contributed by atoms with Gasteiger partial charge in [0.25, 0.3) is 5.91 Å². The molecule has 1 amide bonds. The Hall–Kier alpha value is -2.92. The molecule has 3 aromatic rings. The average molecular weight is 379 g/mol. The molecule has 0 radical (unpaired) electrons. The number of hydrogen-bond acceptors (Lipinski definition) is 4. The third kappa shape index (κ3) is 4.26. The molecule has 0 saturated carbocycles. The molecule has 3 rings (SSSR count). The topological polar surface area (TPSA) is 46.6 Å². The Balaban J connectivity index is 1.90. The maximum Gasteiger partial charge on any atom is 0.350 e. The molecule has 5 heteroatoms. The second kappa shape index (κ2) is 8.18. The molecule has 0 unspecified atom stereocenters.